The van der Waals surface area contributed by atoms with Gasteiger partial charge in [-0.3, -0.25) is 4.98 Å². The molecular formula is C18H14N2. The van der Waals surface area contributed by atoms with Gasteiger partial charge in [-0.1, -0.05) is 36.3 Å². The molecule has 3 aromatic rings. The number of nitrogens with zero attached hydrogens (tertiary/aromatic N) is 2. The predicted octanol–water partition coefficient (Wildman–Crippen LogP) is 3.61. The Kier molecular flexibility index (Phi) is 3.71. The van der Waals surface area contributed by atoms with E-state index < -0.39 is 0 Å². The van der Waals surface area contributed by atoms with E-state index in [1.165, 1.54) is 5.39 Å². The van der Waals surface area contributed by atoms with E-state index >= 15 is 0 Å². The van der Waals surface area contributed by atoms with Crippen molar-refractivity contribution in [1.82, 2.24) is 9.97 Å². The number of benzene rings is 1. The Morgan fingerprint density at radius 3 is 2.70 bits per heavy atom. The van der Waals surface area contributed by atoms with E-state index in [1.54, 1.807) is 6.20 Å². The van der Waals surface area contributed by atoms with Gasteiger partial charge in [0.15, 0.2) is 0 Å². The van der Waals surface area contributed by atoms with Crippen molar-refractivity contribution in [3.8, 4) is 11.8 Å². The summed E-state index contributed by atoms with van der Waals surface area (Å²) in [6.45, 7) is 0. The molecule has 0 bridgehead atoms. The van der Waals surface area contributed by atoms with Crippen LogP contribution in [0.4, 0.5) is 0 Å². The van der Waals surface area contributed by atoms with Crippen molar-refractivity contribution in [3.63, 3.8) is 0 Å². The molecule has 0 amide bonds. The summed E-state index contributed by atoms with van der Waals surface area (Å²) in [5.41, 5.74) is 2.95. The molecule has 0 N–H and O–H groups in total. The third kappa shape index (κ3) is 3.02. The number of hydrogen-bond donors (Lipinski definition) is 0. The second-order valence-electron chi connectivity index (χ2n) is 4.51. The van der Waals surface area contributed by atoms with Crippen molar-refractivity contribution < 1.29 is 0 Å². The number of aryl methyl sites for hydroxylation is 1. The third-order valence-corrected chi connectivity index (χ3v) is 3.04. The van der Waals surface area contributed by atoms with Crippen molar-refractivity contribution >= 4 is 10.9 Å². The Morgan fingerprint density at radius 2 is 1.80 bits per heavy atom. The van der Waals surface area contributed by atoms with Crippen LogP contribution in [0, 0.1) is 11.8 Å². The van der Waals surface area contributed by atoms with E-state index in [1.807, 2.05) is 36.4 Å². The van der Waals surface area contributed by atoms with Gasteiger partial charge in [0.05, 0.1) is 5.52 Å². The number of pyridine rings is 2. The monoisotopic (exact) mass is 258 g/mol. The first-order chi connectivity index (χ1) is 9.92. The Hall–Kier alpha value is -2.66. The minimum Gasteiger partial charge on any atom is -0.253 e. The van der Waals surface area contributed by atoms with Crippen molar-refractivity contribution in [2.75, 3.05) is 0 Å². The third-order valence-electron chi connectivity index (χ3n) is 3.04. The smallest absolute Gasteiger partial charge is 0.113 e. The summed E-state index contributed by atoms with van der Waals surface area (Å²) in [7, 11) is 0. The SMILES string of the molecule is C(#Cc1ccccn1)CCc1ccc2ccccc2n1. The number of aromatic nitrogens is 2. The molecule has 0 saturated heterocycles. The first-order valence-corrected chi connectivity index (χ1v) is 6.66. The van der Waals surface area contributed by atoms with Crippen LogP contribution in [0.15, 0.2) is 60.8 Å². The van der Waals surface area contributed by atoms with E-state index in [2.05, 4.69) is 40.0 Å². The maximum absolute atomic E-state index is 4.64. The quantitative estimate of drug-likeness (QED) is 0.656. The van der Waals surface area contributed by atoms with Crippen LogP contribution in [0.5, 0.6) is 0 Å². The van der Waals surface area contributed by atoms with Crippen LogP contribution >= 0.6 is 0 Å². The van der Waals surface area contributed by atoms with E-state index in [0.29, 0.717) is 0 Å². The molecule has 0 atom stereocenters. The maximum atomic E-state index is 4.64. The first kappa shape index (κ1) is 12.4. The lowest BCUT2D eigenvalue weighted by Gasteiger charge is -2.00. The molecule has 1 aromatic carbocycles. The van der Waals surface area contributed by atoms with Gasteiger partial charge in [-0.2, -0.15) is 0 Å². The zero-order valence-electron chi connectivity index (χ0n) is 11.1. The number of fused-ring (bicyclic) bond motifs is 1. The van der Waals surface area contributed by atoms with Crippen LogP contribution in [-0.2, 0) is 6.42 Å². The molecule has 2 nitrogen and oxygen atoms in total. The summed E-state index contributed by atoms with van der Waals surface area (Å²) in [5.74, 6) is 6.21. The minimum atomic E-state index is 0.794. The fraction of sp³-hybridized carbons (Fsp3) is 0.111. The van der Waals surface area contributed by atoms with Gasteiger partial charge in [-0.05, 0) is 30.2 Å². The average molecular weight is 258 g/mol. The second kappa shape index (κ2) is 5.99. The normalized spacial score (nSPS) is 10.0. The Labute approximate surface area is 118 Å². The summed E-state index contributed by atoms with van der Waals surface area (Å²) >= 11 is 0. The maximum Gasteiger partial charge on any atom is 0.113 e. The molecular weight excluding hydrogens is 244 g/mol. The van der Waals surface area contributed by atoms with Gasteiger partial charge in [-0.25, -0.2) is 4.98 Å². The number of rotatable bonds is 2. The molecule has 0 unspecified atom stereocenters. The standard InChI is InChI=1S/C18H14N2/c1-4-11-18-15(7-1)12-13-17(20-18)10-3-2-8-16-9-5-6-14-19-16/h1,4-7,9,11-14H,3,10H2. The Balaban J connectivity index is 1.67. The van der Waals surface area contributed by atoms with E-state index in [9.17, 15) is 0 Å². The summed E-state index contributed by atoms with van der Waals surface area (Å²) in [5, 5.41) is 1.18. The molecule has 0 fully saturated rings. The molecule has 2 aromatic heterocycles. The van der Waals surface area contributed by atoms with Crippen molar-refractivity contribution in [3.05, 3.63) is 72.2 Å². The molecule has 3 rings (SSSR count). The van der Waals surface area contributed by atoms with Crippen molar-refractivity contribution in [2.24, 2.45) is 0 Å². The van der Waals surface area contributed by atoms with Gasteiger partial charge in [0.1, 0.15) is 5.69 Å². The molecule has 0 aliphatic carbocycles. The predicted molar refractivity (Wildman–Crippen MR) is 81.2 cm³/mol. The molecule has 2 heterocycles. The van der Waals surface area contributed by atoms with Gasteiger partial charge in [0.2, 0.25) is 0 Å². The topological polar surface area (TPSA) is 25.8 Å². The lowest BCUT2D eigenvalue weighted by molar-refractivity contribution is 0.975. The minimum absolute atomic E-state index is 0.794. The van der Waals surface area contributed by atoms with Crippen LogP contribution < -0.4 is 0 Å². The van der Waals surface area contributed by atoms with Crippen LogP contribution in [0.3, 0.4) is 0 Å². The van der Waals surface area contributed by atoms with Crippen molar-refractivity contribution in [1.29, 1.82) is 0 Å². The van der Waals surface area contributed by atoms with Crippen LogP contribution in [0.1, 0.15) is 17.8 Å². The zero-order valence-corrected chi connectivity index (χ0v) is 11.1. The summed E-state index contributed by atoms with van der Waals surface area (Å²) in [4.78, 5) is 8.81. The zero-order chi connectivity index (χ0) is 13.6. The Morgan fingerprint density at radius 1 is 0.900 bits per heavy atom. The van der Waals surface area contributed by atoms with E-state index in [0.717, 1.165) is 29.7 Å². The van der Waals surface area contributed by atoms with Crippen LogP contribution in [0.2, 0.25) is 0 Å². The summed E-state index contributed by atoms with van der Waals surface area (Å²) in [6.07, 6.45) is 3.42. The van der Waals surface area contributed by atoms with Gasteiger partial charge in [-0.15, -0.1) is 0 Å². The molecule has 0 saturated carbocycles. The summed E-state index contributed by atoms with van der Waals surface area (Å²) < 4.78 is 0. The second-order valence-corrected chi connectivity index (χ2v) is 4.51. The number of hydrogen-bond acceptors (Lipinski definition) is 2. The fourth-order valence-corrected chi connectivity index (χ4v) is 2.03. The molecule has 20 heavy (non-hydrogen) atoms. The van der Waals surface area contributed by atoms with Crippen LogP contribution in [0.25, 0.3) is 10.9 Å². The highest BCUT2D eigenvalue weighted by Gasteiger charge is 1.96. The highest BCUT2D eigenvalue weighted by molar-refractivity contribution is 5.78. The fourth-order valence-electron chi connectivity index (χ4n) is 2.03. The van der Waals surface area contributed by atoms with Gasteiger partial charge >= 0.3 is 0 Å². The van der Waals surface area contributed by atoms with Crippen LogP contribution in [-0.4, -0.2) is 9.97 Å². The largest absolute Gasteiger partial charge is 0.253 e. The molecule has 0 radical (unpaired) electrons. The molecule has 2 heteroatoms. The van der Waals surface area contributed by atoms with Gasteiger partial charge in [0.25, 0.3) is 0 Å². The van der Waals surface area contributed by atoms with E-state index in [-0.39, 0.29) is 0 Å². The summed E-state index contributed by atoms with van der Waals surface area (Å²) in [6, 6.07) is 18.1. The lowest BCUT2D eigenvalue weighted by Crippen LogP contribution is -1.90. The van der Waals surface area contributed by atoms with Gasteiger partial charge < -0.3 is 0 Å². The van der Waals surface area contributed by atoms with Gasteiger partial charge in [0, 0.05) is 30.1 Å². The highest BCUT2D eigenvalue weighted by Crippen LogP contribution is 2.12. The molecule has 0 spiro atoms. The van der Waals surface area contributed by atoms with Crippen molar-refractivity contribution in [2.45, 2.75) is 12.8 Å². The van der Waals surface area contributed by atoms with E-state index in [4.69, 9.17) is 0 Å². The molecule has 96 valence electrons. The first-order valence-electron chi connectivity index (χ1n) is 6.66. The average Bonchev–Trinajstić information content (AvgIpc) is 2.52. The number of para-hydroxylation sites is 1. The molecule has 0 aliphatic heterocycles. The Bertz CT molecular complexity index is 767. The lowest BCUT2D eigenvalue weighted by atomic mass is 10.1. The highest BCUT2D eigenvalue weighted by atomic mass is 14.7. The molecule has 0 aliphatic rings.